The maximum atomic E-state index is 11.9. The van der Waals surface area contributed by atoms with Crippen LogP contribution in [-0.2, 0) is 0 Å². The molecule has 0 atom stereocenters. The van der Waals surface area contributed by atoms with Crippen LogP contribution in [0.15, 0.2) is 43.0 Å². The summed E-state index contributed by atoms with van der Waals surface area (Å²) in [7, 11) is 0. The number of fused-ring (bicyclic) bond motifs is 1. The molecule has 0 aliphatic heterocycles. The van der Waals surface area contributed by atoms with E-state index in [0.29, 0.717) is 11.4 Å². The van der Waals surface area contributed by atoms with Crippen LogP contribution in [0.1, 0.15) is 10.5 Å². The van der Waals surface area contributed by atoms with Gasteiger partial charge in [-0.3, -0.25) is 9.89 Å². The lowest BCUT2D eigenvalue weighted by molar-refractivity contribution is 0.102. The third-order valence-electron chi connectivity index (χ3n) is 2.35. The molecule has 0 saturated heterocycles. The molecule has 0 spiro atoms. The minimum atomic E-state index is -0.255. The molecule has 17 heavy (non-hydrogen) atoms. The van der Waals surface area contributed by atoms with E-state index in [1.54, 1.807) is 16.8 Å². The van der Waals surface area contributed by atoms with Gasteiger partial charge in [0.15, 0.2) is 0 Å². The standard InChI is InChI=1S/C11H9N5O/c17-11(14-8-5-12-13-6-8)9-7-16-4-2-1-3-10(16)15-9/h1-7H,(H,12,13)(H,14,17). The van der Waals surface area contributed by atoms with Crippen molar-refractivity contribution in [1.29, 1.82) is 0 Å². The Balaban J connectivity index is 1.90. The SMILES string of the molecule is O=C(Nc1cn[nH]c1)c1cn2ccccc2n1. The van der Waals surface area contributed by atoms with E-state index in [0.717, 1.165) is 5.65 Å². The van der Waals surface area contributed by atoms with Crippen LogP contribution < -0.4 is 5.32 Å². The van der Waals surface area contributed by atoms with Crippen molar-refractivity contribution in [2.75, 3.05) is 5.32 Å². The van der Waals surface area contributed by atoms with E-state index < -0.39 is 0 Å². The van der Waals surface area contributed by atoms with Crippen LogP contribution in [0.4, 0.5) is 5.69 Å². The van der Waals surface area contributed by atoms with Gasteiger partial charge >= 0.3 is 0 Å². The molecule has 2 N–H and O–H groups in total. The van der Waals surface area contributed by atoms with Gasteiger partial charge in [-0.1, -0.05) is 6.07 Å². The Morgan fingerprint density at radius 3 is 3.12 bits per heavy atom. The summed E-state index contributed by atoms with van der Waals surface area (Å²) in [6.07, 6.45) is 6.67. The summed E-state index contributed by atoms with van der Waals surface area (Å²) >= 11 is 0. The Morgan fingerprint density at radius 2 is 2.35 bits per heavy atom. The van der Waals surface area contributed by atoms with Crippen molar-refractivity contribution in [3.05, 3.63) is 48.7 Å². The Bertz CT molecular complexity index is 622. The Morgan fingerprint density at radius 1 is 1.41 bits per heavy atom. The number of hydrogen-bond donors (Lipinski definition) is 2. The molecule has 0 aromatic carbocycles. The molecule has 0 aliphatic rings. The van der Waals surface area contributed by atoms with Crippen LogP contribution in [0, 0.1) is 0 Å². The lowest BCUT2D eigenvalue weighted by Gasteiger charge is -1.96. The molecule has 0 aliphatic carbocycles. The van der Waals surface area contributed by atoms with Crippen molar-refractivity contribution in [3.63, 3.8) is 0 Å². The van der Waals surface area contributed by atoms with Gasteiger partial charge < -0.3 is 9.72 Å². The maximum Gasteiger partial charge on any atom is 0.275 e. The van der Waals surface area contributed by atoms with E-state index in [4.69, 9.17) is 0 Å². The number of hydrogen-bond acceptors (Lipinski definition) is 3. The summed E-state index contributed by atoms with van der Waals surface area (Å²) in [5.74, 6) is -0.255. The van der Waals surface area contributed by atoms with E-state index in [1.807, 2.05) is 24.4 Å². The van der Waals surface area contributed by atoms with Crippen molar-refractivity contribution >= 4 is 17.2 Å². The van der Waals surface area contributed by atoms with Crippen molar-refractivity contribution in [1.82, 2.24) is 19.6 Å². The van der Waals surface area contributed by atoms with Gasteiger partial charge in [0, 0.05) is 18.6 Å². The quantitative estimate of drug-likeness (QED) is 0.693. The van der Waals surface area contributed by atoms with Gasteiger partial charge in [0.2, 0.25) is 0 Å². The number of pyridine rings is 1. The van der Waals surface area contributed by atoms with Crippen LogP contribution in [-0.4, -0.2) is 25.5 Å². The molecule has 0 saturated carbocycles. The largest absolute Gasteiger partial charge is 0.318 e. The number of H-pyrrole nitrogens is 1. The topological polar surface area (TPSA) is 75.1 Å². The first-order valence-electron chi connectivity index (χ1n) is 5.07. The smallest absolute Gasteiger partial charge is 0.275 e. The van der Waals surface area contributed by atoms with E-state index in [-0.39, 0.29) is 5.91 Å². The van der Waals surface area contributed by atoms with Crippen LogP contribution in [0.3, 0.4) is 0 Å². The minimum absolute atomic E-state index is 0.255. The second-order valence-electron chi connectivity index (χ2n) is 3.53. The van der Waals surface area contributed by atoms with Crippen LogP contribution in [0.5, 0.6) is 0 Å². The lowest BCUT2D eigenvalue weighted by atomic mass is 10.4. The first-order valence-corrected chi connectivity index (χ1v) is 5.07. The number of imidazole rings is 1. The highest BCUT2D eigenvalue weighted by Gasteiger charge is 2.10. The van der Waals surface area contributed by atoms with E-state index in [1.165, 1.54) is 6.20 Å². The van der Waals surface area contributed by atoms with Gasteiger partial charge in [0.25, 0.3) is 5.91 Å². The van der Waals surface area contributed by atoms with E-state index >= 15 is 0 Å². The normalized spacial score (nSPS) is 10.6. The van der Waals surface area contributed by atoms with Crippen LogP contribution >= 0.6 is 0 Å². The third-order valence-corrected chi connectivity index (χ3v) is 2.35. The predicted molar refractivity (Wildman–Crippen MR) is 61.7 cm³/mol. The second kappa shape index (κ2) is 3.75. The maximum absolute atomic E-state index is 11.9. The van der Waals surface area contributed by atoms with Gasteiger partial charge in [-0.05, 0) is 12.1 Å². The summed E-state index contributed by atoms with van der Waals surface area (Å²) in [5, 5.41) is 9.06. The summed E-state index contributed by atoms with van der Waals surface area (Å²) in [6, 6.07) is 5.60. The zero-order valence-electron chi connectivity index (χ0n) is 8.79. The Hall–Kier alpha value is -2.63. The zero-order valence-corrected chi connectivity index (χ0v) is 8.79. The van der Waals surface area contributed by atoms with Crippen LogP contribution in [0.25, 0.3) is 5.65 Å². The molecule has 3 aromatic heterocycles. The number of aromatic nitrogens is 4. The fourth-order valence-electron chi connectivity index (χ4n) is 1.56. The van der Waals surface area contributed by atoms with Crippen molar-refractivity contribution in [2.45, 2.75) is 0 Å². The fourth-order valence-corrected chi connectivity index (χ4v) is 1.56. The van der Waals surface area contributed by atoms with Gasteiger partial charge in [0.05, 0.1) is 11.9 Å². The molecule has 0 fully saturated rings. The molecule has 3 heterocycles. The minimum Gasteiger partial charge on any atom is -0.318 e. The van der Waals surface area contributed by atoms with Gasteiger partial charge in [-0.15, -0.1) is 0 Å². The van der Waals surface area contributed by atoms with Gasteiger partial charge in [-0.2, -0.15) is 5.10 Å². The average molecular weight is 227 g/mol. The van der Waals surface area contributed by atoms with E-state index in [2.05, 4.69) is 20.5 Å². The molecule has 6 nitrogen and oxygen atoms in total. The molecule has 84 valence electrons. The average Bonchev–Trinajstić information content (AvgIpc) is 2.96. The monoisotopic (exact) mass is 227 g/mol. The number of carbonyl (C=O) groups is 1. The summed E-state index contributed by atoms with van der Waals surface area (Å²) in [6.45, 7) is 0. The molecular formula is C11H9N5O. The highest BCUT2D eigenvalue weighted by atomic mass is 16.1. The van der Waals surface area contributed by atoms with Crippen LogP contribution in [0.2, 0.25) is 0 Å². The molecule has 3 rings (SSSR count). The lowest BCUT2D eigenvalue weighted by Crippen LogP contribution is -2.11. The highest BCUT2D eigenvalue weighted by Crippen LogP contribution is 2.08. The van der Waals surface area contributed by atoms with E-state index in [9.17, 15) is 4.79 Å². The van der Waals surface area contributed by atoms with Gasteiger partial charge in [0.1, 0.15) is 11.3 Å². The first-order chi connectivity index (χ1) is 8.33. The molecule has 6 heteroatoms. The summed E-state index contributed by atoms with van der Waals surface area (Å²) in [5.41, 5.74) is 1.73. The number of anilines is 1. The number of carbonyl (C=O) groups excluding carboxylic acids is 1. The Kier molecular flexibility index (Phi) is 2.11. The molecule has 0 unspecified atom stereocenters. The molecule has 0 bridgehead atoms. The number of amides is 1. The van der Waals surface area contributed by atoms with Gasteiger partial charge in [-0.25, -0.2) is 4.98 Å². The molecule has 1 amide bonds. The zero-order chi connectivity index (χ0) is 11.7. The van der Waals surface area contributed by atoms with Crippen molar-refractivity contribution in [3.8, 4) is 0 Å². The summed E-state index contributed by atoms with van der Waals surface area (Å²) < 4.78 is 1.80. The number of nitrogens with zero attached hydrogens (tertiary/aromatic N) is 3. The second-order valence-corrected chi connectivity index (χ2v) is 3.53. The molecule has 0 radical (unpaired) electrons. The van der Waals surface area contributed by atoms with Crippen molar-refractivity contribution < 1.29 is 4.79 Å². The third kappa shape index (κ3) is 1.76. The number of nitrogens with one attached hydrogen (secondary N) is 2. The Labute approximate surface area is 96.3 Å². The first kappa shape index (κ1) is 9.59. The van der Waals surface area contributed by atoms with Crippen molar-refractivity contribution in [2.24, 2.45) is 0 Å². The summed E-state index contributed by atoms with van der Waals surface area (Å²) in [4.78, 5) is 16.1. The number of rotatable bonds is 2. The number of aromatic amines is 1. The highest BCUT2D eigenvalue weighted by molar-refractivity contribution is 6.03. The fraction of sp³-hybridized carbons (Fsp3) is 0. The predicted octanol–water partition coefficient (Wildman–Crippen LogP) is 1.31. The molecular weight excluding hydrogens is 218 g/mol. The molecule has 3 aromatic rings.